The summed E-state index contributed by atoms with van der Waals surface area (Å²) in [6.45, 7) is 6.20. The van der Waals surface area contributed by atoms with Gasteiger partial charge in [0.2, 0.25) is 15.9 Å². The van der Waals surface area contributed by atoms with E-state index >= 15 is 0 Å². The first-order valence-electron chi connectivity index (χ1n) is 8.66. The van der Waals surface area contributed by atoms with Crippen molar-refractivity contribution in [2.45, 2.75) is 63.3 Å². The molecule has 1 aliphatic heterocycles. The standard InChI is InChI=1S/C18H26N2O3S/c1-18(2,3)19-24(22,23)15-9-10-16-14(12-15)8-5-11-20(16)17(21)13-6-4-7-13/h9-10,12-13,19H,4-8,11H2,1-3H3. The van der Waals surface area contributed by atoms with Gasteiger partial charge in [0.1, 0.15) is 0 Å². The molecule has 0 spiro atoms. The fourth-order valence-corrected chi connectivity index (χ4v) is 4.78. The van der Waals surface area contributed by atoms with Crippen LogP contribution in [0.4, 0.5) is 5.69 Å². The summed E-state index contributed by atoms with van der Waals surface area (Å²) in [6.07, 6.45) is 4.77. The molecule has 1 fully saturated rings. The zero-order chi connectivity index (χ0) is 17.5. The molecule has 1 saturated carbocycles. The lowest BCUT2D eigenvalue weighted by Gasteiger charge is -2.35. The van der Waals surface area contributed by atoms with Gasteiger partial charge in [-0.15, -0.1) is 0 Å². The molecule has 0 unspecified atom stereocenters. The highest BCUT2D eigenvalue weighted by atomic mass is 32.2. The van der Waals surface area contributed by atoms with E-state index in [0.717, 1.165) is 49.9 Å². The molecule has 0 radical (unpaired) electrons. The topological polar surface area (TPSA) is 66.5 Å². The van der Waals surface area contributed by atoms with Crippen molar-refractivity contribution < 1.29 is 13.2 Å². The molecule has 1 heterocycles. The minimum absolute atomic E-state index is 0.155. The summed E-state index contributed by atoms with van der Waals surface area (Å²) in [5.41, 5.74) is 1.31. The Kier molecular flexibility index (Phi) is 4.47. The lowest BCUT2D eigenvalue weighted by Crippen LogP contribution is -2.42. The summed E-state index contributed by atoms with van der Waals surface area (Å²) in [5, 5.41) is 0. The quantitative estimate of drug-likeness (QED) is 0.911. The molecule has 1 N–H and O–H groups in total. The Bertz CT molecular complexity index is 746. The number of aryl methyl sites for hydroxylation is 1. The van der Waals surface area contributed by atoms with E-state index in [1.54, 1.807) is 18.2 Å². The van der Waals surface area contributed by atoms with E-state index < -0.39 is 15.6 Å². The molecular weight excluding hydrogens is 324 g/mol. The number of carbonyl (C=O) groups is 1. The largest absolute Gasteiger partial charge is 0.312 e. The molecule has 1 aliphatic carbocycles. The molecule has 1 aromatic rings. The molecule has 6 heteroatoms. The summed E-state index contributed by atoms with van der Waals surface area (Å²) < 4.78 is 27.7. The Labute approximate surface area is 144 Å². The van der Waals surface area contributed by atoms with Gasteiger partial charge in [0.15, 0.2) is 0 Å². The summed E-state index contributed by atoms with van der Waals surface area (Å²) in [6, 6.07) is 5.13. The maximum absolute atomic E-state index is 12.6. The minimum atomic E-state index is -3.55. The molecular formula is C18H26N2O3S. The van der Waals surface area contributed by atoms with Gasteiger partial charge in [-0.25, -0.2) is 13.1 Å². The van der Waals surface area contributed by atoms with Crippen molar-refractivity contribution in [2.75, 3.05) is 11.4 Å². The fourth-order valence-electron chi connectivity index (χ4n) is 3.31. The van der Waals surface area contributed by atoms with Crippen molar-refractivity contribution in [2.24, 2.45) is 5.92 Å². The number of hydrogen-bond donors (Lipinski definition) is 1. The number of anilines is 1. The van der Waals surface area contributed by atoms with Crippen molar-refractivity contribution in [3.8, 4) is 0 Å². The third-order valence-corrected chi connectivity index (χ3v) is 6.40. The van der Waals surface area contributed by atoms with E-state index in [9.17, 15) is 13.2 Å². The summed E-state index contributed by atoms with van der Waals surface area (Å²) >= 11 is 0. The van der Waals surface area contributed by atoms with Gasteiger partial charge in [-0.05, 0) is 70.2 Å². The Morgan fingerprint density at radius 3 is 2.50 bits per heavy atom. The Hall–Kier alpha value is -1.40. The van der Waals surface area contributed by atoms with Crippen LogP contribution in [0.3, 0.4) is 0 Å². The van der Waals surface area contributed by atoms with E-state index in [0.29, 0.717) is 0 Å². The van der Waals surface area contributed by atoms with Crippen LogP contribution < -0.4 is 9.62 Å². The number of nitrogens with one attached hydrogen (secondary N) is 1. The number of sulfonamides is 1. The van der Waals surface area contributed by atoms with Crippen molar-refractivity contribution in [1.82, 2.24) is 4.72 Å². The number of benzene rings is 1. The monoisotopic (exact) mass is 350 g/mol. The van der Waals surface area contributed by atoms with Crippen LogP contribution in [-0.2, 0) is 21.2 Å². The first-order valence-corrected chi connectivity index (χ1v) is 10.1. The first-order chi connectivity index (χ1) is 11.2. The van der Waals surface area contributed by atoms with Crippen LogP contribution in [0.2, 0.25) is 0 Å². The van der Waals surface area contributed by atoms with Crippen molar-refractivity contribution in [3.05, 3.63) is 23.8 Å². The van der Waals surface area contributed by atoms with E-state index in [2.05, 4.69) is 4.72 Å². The van der Waals surface area contributed by atoms with E-state index in [-0.39, 0.29) is 16.7 Å². The molecule has 0 atom stereocenters. The normalized spacial score (nSPS) is 18.9. The van der Waals surface area contributed by atoms with Crippen LogP contribution in [0.5, 0.6) is 0 Å². The van der Waals surface area contributed by atoms with Gasteiger partial charge in [-0.2, -0.15) is 0 Å². The highest BCUT2D eigenvalue weighted by Gasteiger charge is 2.33. The molecule has 24 heavy (non-hydrogen) atoms. The Morgan fingerprint density at radius 1 is 1.21 bits per heavy atom. The fraction of sp³-hybridized carbons (Fsp3) is 0.611. The highest BCUT2D eigenvalue weighted by Crippen LogP contribution is 2.35. The second-order valence-corrected chi connectivity index (χ2v) is 9.55. The van der Waals surface area contributed by atoms with Crippen molar-refractivity contribution in [3.63, 3.8) is 0 Å². The number of amides is 1. The third-order valence-electron chi connectivity index (χ3n) is 4.64. The van der Waals surface area contributed by atoms with Gasteiger partial charge in [-0.1, -0.05) is 6.42 Å². The number of hydrogen-bond acceptors (Lipinski definition) is 3. The van der Waals surface area contributed by atoms with Crippen LogP contribution in [0.25, 0.3) is 0 Å². The van der Waals surface area contributed by atoms with Crippen LogP contribution in [-0.4, -0.2) is 26.4 Å². The van der Waals surface area contributed by atoms with Crippen molar-refractivity contribution in [1.29, 1.82) is 0 Å². The maximum Gasteiger partial charge on any atom is 0.241 e. The maximum atomic E-state index is 12.6. The van der Waals surface area contributed by atoms with Crippen LogP contribution in [0, 0.1) is 5.92 Å². The number of carbonyl (C=O) groups excluding carboxylic acids is 1. The average molecular weight is 350 g/mol. The lowest BCUT2D eigenvalue weighted by atomic mass is 9.83. The van der Waals surface area contributed by atoms with E-state index in [4.69, 9.17) is 0 Å². The molecule has 132 valence electrons. The van der Waals surface area contributed by atoms with E-state index in [1.165, 1.54) is 0 Å². The lowest BCUT2D eigenvalue weighted by molar-refractivity contribution is -0.124. The Morgan fingerprint density at radius 2 is 1.92 bits per heavy atom. The van der Waals surface area contributed by atoms with Crippen LogP contribution in [0.1, 0.15) is 52.0 Å². The molecule has 5 nitrogen and oxygen atoms in total. The predicted molar refractivity (Wildman–Crippen MR) is 94.5 cm³/mol. The molecule has 1 amide bonds. The van der Waals surface area contributed by atoms with Gasteiger partial charge in [0.05, 0.1) is 4.90 Å². The van der Waals surface area contributed by atoms with Gasteiger partial charge >= 0.3 is 0 Å². The third kappa shape index (κ3) is 3.49. The molecule has 0 bridgehead atoms. The van der Waals surface area contributed by atoms with Gasteiger partial charge < -0.3 is 4.90 Å². The SMILES string of the molecule is CC(C)(C)NS(=O)(=O)c1ccc2c(c1)CCCN2C(=O)C1CCC1. The van der Waals surface area contributed by atoms with Crippen LogP contribution >= 0.6 is 0 Å². The molecule has 0 aromatic heterocycles. The zero-order valence-electron chi connectivity index (χ0n) is 14.6. The van der Waals surface area contributed by atoms with Crippen LogP contribution in [0.15, 0.2) is 23.1 Å². The van der Waals surface area contributed by atoms with Gasteiger partial charge in [0, 0.05) is 23.7 Å². The van der Waals surface area contributed by atoms with Crippen molar-refractivity contribution >= 4 is 21.6 Å². The predicted octanol–water partition coefficient (Wildman–Crippen LogP) is 2.84. The number of fused-ring (bicyclic) bond motifs is 1. The summed E-state index contributed by atoms with van der Waals surface area (Å²) in [5.74, 6) is 0.354. The molecule has 0 saturated heterocycles. The molecule has 3 rings (SSSR count). The first kappa shape index (κ1) is 17.4. The number of nitrogens with zero attached hydrogens (tertiary/aromatic N) is 1. The Balaban J connectivity index is 1.89. The summed E-state index contributed by atoms with van der Waals surface area (Å²) in [7, 11) is -3.55. The number of rotatable bonds is 3. The summed E-state index contributed by atoms with van der Waals surface area (Å²) in [4.78, 5) is 14.7. The van der Waals surface area contributed by atoms with Gasteiger partial charge in [-0.3, -0.25) is 4.79 Å². The second-order valence-electron chi connectivity index (χ2n) is 7.87. The van der Waals surface area contributed by atoms with E-state index in [1.807, 2.05) is 25.7 Å². The molecule has 2 aliphatic rings. The van der Waals surface area contributed by atoms with Gasteiger partial charge in [0.25, 0.3) is 0 Å². The smallest absolute Gasteiger partial charge is 0.241 e. The zero-order valence-corrected chi connectivity index (χ0v) is 15.4. The average Bonchev–Trinajstić information content (AvgIpc) is 2.41. The minimum Gasteiger partial charge on any atom is -0.312 e. The molecule has 1 aromatic carbocycles. The highest BCUT2D eigenvalue weighted by molar-refractivity contribution is 7.89. The second kappa shape index (κ2) is 6.15.